The minimum Gasteiger partial charge on any atom is -0.494 e. The number of carbonyl (C=O) groups is 1. The van der Waals surface area contributed by atoms with Crippen LogP contribution in [0.5, 0.6) is 5.75 Å². The van der Waals surface area contributed by atoms with Crippen molar-refractivity contribution in [2.45, 2.75) is 18.9 Å². The molecule has 7 nitrogen and oxygen atoms in total. The molecule has 4 rings (SSSR count). The normalized spacial score (nSPS) is 14.4. The predicted molar refractivity (Wildman–Crippen MR) is 111 cm³/mol. The van der Waals surface area contributed by atoms with E-state index in [1.54, 1.807) is 31.9 Å². The van der Waals surface area contributed by atoms with Crippen LogP contribution in [0.3, 0.4) is 0 Å². The van der Waals surface area contributed by atoms with E-state index < -0.39 is 0 Å². The Bertz CT molecular complexity index is 972. The predicted octanol–water partition coefficient (Wildman–Crippen LogP) is 2.95. The van der Waals surface area contributed by atoms with Gasteiger partial charge in [0.25, 0.3) is 5.91 Å². The van der Waals surface area contributed by atoms with Gasteiger partial charge in [0.2, 0.25) is 0 Å². The SMILES string of the molecule is COc1cccnc1-c1cccc(C(=O)NC2CCN(c3cnccn3)CC2)c1. The van der Waals surface area contributed by atoms with Gasteiger partial charge in [-0.05, 0) is 37.1 Å². The van der Waals surface area contributed by atoms with Crippen molar-refractivity contribution in [2.75, 3.05) is 25.1 Å². The lowest BCUT2D eigenvalue weighted by molar-refractivity contribution is 0.0931. The Labute approximate surface area is 169 Å². The summed E-state index contributed by atoms with van der Waals surface area (Å²) in [7, 11) is 1.62. The molecule has 0 saturated carbocycles. The topological polar surface area (TPSA) is 80.2 Å². The molecule has 0 atom stereocenters. The second-order valence-electron chi connectivity index (χ2n) is 6.93. The number of anilines is 1. The molecule has 1 aliphatic heterocycles. The van der Waals surface area contributed by atoms with Crippen molar-refractivity contribution in [3.63, 3.8) is 0 Å². The summed E-state index contributed by atoms with van der Waals surface area (Å²) < 4.78 is 5.39. The number of ether oxygens (including phenoxy) is 1. The van der Waals surface area contributed by atoms with Crippen LogP contribution in [0.1, 0.15) is 23.2 Å². The van der Waals surface area contributed by atoms with Crippen LogP contribution in [0, 0.1) is 0 Å². The molecule has 3 heterocycles. The summed E-state index contributed by atoms with van der Waals surface area (Å²) in [5.41, 5.74) is 2.20. The second-order valence-corrected chi connectivity index (χ2v) is 6.93. The largest absolute Gasteiger partial charge is 0.494 e. The molecule has 3 aromatic rings. The fraction of sp³-hybridized carbons (Fsp3) is 0.273. The number of nitrogens with one attached hydrogen (secondary N) is 1. The summed E-state index contributed by atoms with van der Waals surface area (Å²) in [4.78, 5) is 27.9. The number of methoxy groups -OCH3 is 1. The van der Waals surface area contributed by atoms with Gasteiger partial charge < -0.3 is 15.0 Å². The van der Waals surface area contributed by atoms with Crippen molar-refractivity contribution in [1.29, 1.82) is 0 Å². The maximum absolute atomic E-state index is 12.8. The van der Waals surface area contributed by atoms with Gasteiger partial charge >= 0.3 is 0 Å². The van der Waals surface area contributed by atoms with Crippen LogP contribution in [0.15, 0.2) is 61.2 Å². The van der Waals surface area contributed by atoms with E-state index in [1.807, 2.05) is 36.4 Å². The Kier molecular flexibility index (Phi) is 5.65. The molecule has 0 aliphatic carbocycles. The third-order valence-corrected chi connectivity index (χ3v) is 5.09. The molecule has 0 bridgehead atoms. The van der Waals surface area contributed by atoms with Crippen molar-refractivity contribution in [3.05, 3.63) is 66.7 Å². The first kappa shape index (κ1) is 18.9. The molecule has 0 radical (unpaired) electrons. The number of pyridine rings is 1. The van der Waals surface area contributed by atoms with Crippen LogP contribution in [0.4, 0.5) is 5.82 Å². The van der Waals surface area contributed by atoms with Crippen LogP contribution < -0.4 is 15.0 Å². The lowest BCUT2D eigenvalue weighted by Crippen LogP contribution is -2.45. The summed E-state index contributed by atoms with van der Waals surface area (Å²) >= 11 is 0. The van der Waals surface area contributed by atoms with E-state index in [4.69, 9.17) is 4.74 Å². The van der Waals surface area contributed by atoms with E-state index in [9.17, 15) is 4.79 Å². The molecule has 1 saturated heterocycles. The van der Waals surface area contributed by atoms with Gasteiger partial charge in [-0.25, -0.2) is 4.98 Å². The van der Waals surface area contributed by atoms with Crippen LogP contribution >= 0.6 is 0 Å². The van der Waals surface area contributed by atoms with Gasteiger partial charge in [0, 0.05) is 48.8 Å². The van der Waals surface area contributed by atoms with Crippen molar-refractivity contribution in [2.24, 2.45) is 0 Å². The molecule has 29 heavy (non-hydrogen) atoms. The fourth-order valence-corrected chi connectivity index (χ4v) is 3.56. The number of carbonyl (C=O) groups excluding carboxylic acids is 1. The molecule has 1 N–H and O–H groups in total. The maximum Gasteiger partial charge on any atom is 0.251 e. The molecule has 1 aliphatic rings. The molecule has 1 amide bonds. The Morgan fingerprint density at radius 1 is 1.10 bits per heavy atom. The van der Waals surface area contributed by atoms with Crippen molar-refractivity contribution < 1.29 is 9.53 Å². The van der Waals surface area contributed by atoms with Crippen LogP contribution in [-0.2, 0) is 0 Å². The highest BCUT2D eigenvalue weighted by molar-refractivity contribution is 5.95. The first-order valence-electron chi connectivity index (χ1n) is 9.66. The third kappa shape index (κ3) is 4.34. The first-order chi connectivity index (χ1) is 14.2. The average Bonchev–Trinajstić information content (AvgIpc) is 2.80. The highest BCUT2D eigenvalue weighted by atomic mass is 16.5. The smallest absolute Gasteiger partial charge is 0.251 e. The summed E-state index contributed by atoms with van der Waals surface area (Å²) in [6.07, 6.45) is 8.61. The molecule has 0 spiro atoms. The Morgan fingerprint density at radius 2 is 1.97 bits per heavy atom. The molecule has 7 heteroatoms. The monoisotopic (exact) mass is 389 g/mol. The number of aromatic nitrogens is 3. The second kappa shape index (κ2) is 8.68. The zero-order valence-electron chi connectivity index (χ0n) is 16.3. The lowest BCUT2D eigenvalue weighted by atomic mass is 10.0. The van der Waals surface area contributed by atoms with E-state index in [0.717, 1.165) is 43.0 Å². The number of piperidine rings is 1. The van der Waals surface area contributed by atoms with Gasteiger partial charge in [-0.1, -0.05) is 12.1 Å². The maximum atomic E-state index is 12.8. The summed E-state index contributed by atoms with van der Waals surface area (Å²) in [5, 5.41) is 3.16. The van der Waals surface area contributed by atoms with Crippen LogP contribution in [0.25, 0.3) is 11.3 Å². The highest BCUT2D eigenvalue weighted by Gasteiger charge is 2.22. The number of hydrogen-bond acceptors (Lipinski definition) is 6. The molecular formula is C22H23N5O2. The van der Waals surface area contributed by atoms with Gasteiger partial charge in [0.15, 0.2) is 0 Å². The van der Waals surface area contributed by atoms with Crippen molar-refractivity contribution in [1.82, 2.24) is 20.3 Å². The molecule has 2 aromatic heterocycles. The van der Waals surface area contributed by atoms with Crippen LogP contribution in [0.2, 0.25) is 0 Å². The fourth-order valence-electron chi connectivity index (χ4n) is 3.56. The van der Waals surface area contributed by atoms with Gasteiger partial charge in [-0.15, -0.1) is 0 Å². The Hall–Kier alpha value is -3.48. The minimum absolute atomic E-state index is 0.0697. The summed E-state index contributed by atoms with van der Waals surface area (Å²) in [6, 6.07) is 11.3. The highest BCUT2D eigenvalue weighted by Crippen LogP contribution is 2.27. The quantitative estimate of drug-likeness (QED) is 0.723. The molecule has 0 unspecified atom stereocenters. The van der Waals surface area contributed by atoms with Gasteiger partial charge in [-0.3, -0.25) is 14.8 Å². The number of benzene rings is 1. The van der Waals surface area contributed by atoms with Gasteiger partial charge in [0.05, 0.1) is 13.3 Å². The van der Waals surface area contributed by atoms with Crippen molar-refractivity contribution in [3.8, 4) is 17.0 Å². The number of hydrogen-bond donors (Lipinski definition) is 1. The van der Waals surface area contributed by atoms with Crippen molar-refractivity contribution >= 4 is 11.7 Å². The van der Waals surface area contributed by atoms with Gasteiger partial charge in [0.1, 0.15) is 17.3 Å². The zero-order valence-corrected chi connectivity index (χ0v) is 16.3. The molecule has 1 aromatic carbocycles. The van der Waals surface area contributed by atoms with E-state index in [0.29, 0.717) is 11.3 Å². The van der Waals surface area contributed by atoms with E-state index >= 15 is 0 Å². The number of nitrogens with zero attached hydrogens (tertiary/aromatic N) is 4. The van der Waals surface area contributed by atoms with E-state index in [1.165, 1.54) is 0 Å². The average molecular weight is 389 g/mol. The van der Waals surface area contributed by atoms with Crippen LogP contribution in [-0.4, -0.2) is 47.1 Å². The number of rotatable bonds is 5. The standard InChI is InChI=1S/C22H23N5O2/c1-29-19-6-3-9-25-21(19)16-4-2-5-17(14-16)22(28)26-18-7-12-27(13-8-18)20-15-23-10-11-24-20/h2-6,9-11,14-15,18H,7-8,12-13H2,1H3,(H,26,28). The Balaban J connectivity index is 1.41. The third-order valence-electron chi connectivity index (χ3n) is 5.09. The van der Waals surface area contributed by atoms with Gasteiger partial charge in [-0.2, -0.15) is 0 Å². The summed E-state index contributed by atoms with van der Waals surface area (Å²) in [6.45, 7) is 1.68. The zero-order chi connectivity index (χ0) is 20.1. The molecule has 1 fully saturated rings. The number of amides is 1. The first-order valence-corrected chi connectivity index (χ1v) is 9.66. The van der Waals surface area contributed by atoms with E-state index in [-0.39, 0.29) is 11.9 Å². The Morgan fingerprint density at radius 3 is 2.72 bits per heavy atom. The molecular weight excluding hydrogens is 366 g/mol. The molecule has 148 valence electrons. The lowest BCUT2D eigenvalue weighted by Gasteiger charge is -2.32. The van der Waals surface area contributed by atoms with E-state index in [2.05, 4.69) is 25.2 Å². The minimum atomic E-state index is -0.0697. The summed E-state index contributed by atoms with van der Waals surface area (Å²) in [5.74, 6) is 1.50.